The minimum absolute atomic E-state index is 0.271. The smallest absolute Gasteiger partial charge is 0.311 e. The van der Waals surface area contributed by atoms with Crippen molar-refractivity contribution in [3.8, 4) is 11.5 Å². The van der Waals surface area contributed by atoms with Gasteiger partial charge in [-0.2, -0.15) is 0 Å². The van der Waals surface area contributed by atoms with Gasteiger partial charge in [-0.05, 0) is 30.9 Å². The summed E-state index contributed by atoms with van der Waals surface area (Å²) in [4.78, 5) is 23.9. The van der Waals surface area contributed by atoms with Crippen LogP contribution in [0.25, 0.3) is 0 Å². The standard InChI is InChI=1S/C23H36O4/c1-4-5-17-22(24)26-20-15-12-13-16-21(20)27-23(25)18-11-9-7-6-8-10-14-19(2)3/h12-13,15-16,19H,4-11,14,17-18H2,1-3H3. The number of benzene rings is 1. The van der Waals surface area contributed by atoms with E-state index < -0.39 is 0 Å². The molecule has 0 unspecified atom stereocenters. The number of carbonyl (C=O) groups excluding carboxylic acids is 2. The molecule has 0 saturated heterocycles. The second-order valence-electron chi connectivity index (χ2n) is 7.55. The van der Waals surface area contributed by atoms with E-state index in [4.69, 9.17) is 9.47 Å². The molecule has 0 spiro atoms. The zero-order valence-corrected chi connectivity index (χ0v) is 17.3. The Morgan fingerprint density at radius 1 is 0.778 bits per heavy atom. The highest BCUT2D eigenvalue weighted by Gasteiger charge is 2.13. The van der Waals surface area contributed by atoms with Crippen LogP contribution in [-0.4, -0.2) is 11.9 Å². The van der Waals surface area contributed by atoms with E-state index in [9.17, 15) is 9.59 Å². The molecule has 1 aromatic rings. The molecule has 1 aromatic carbocycles. The SMILES string of the molecule is CCCCC(=O)Oc1ccccc1OC(=O)CCCCCCCCC(C)C. The first kappa shape index (κ1) is 23.2. The lowest BCUT2D eigenvalue weighted by atomic mass is 10.0. The van der Waals surface area contributed by atoms with Crippen LogP contribution in [0.3, 0.4) is 0 Å². The van der Waals surface area contributed by atoms with E-state index in [2.05, 4.69) is 13.8 Å². The van der Waals surface area contributed by atoms with Crippen molar-refractivity contribution in [3.05, 3.63) is 24.3 Å². The number of unbranched alkanes of at least 4 members (excludes halogenated alkanes) is 6. The molecule has 0 radical (unpaired) electrons. The summed E-state index contributed by atoms with van der Waals surface area (Å²) in [6.07, 6.45) is 10.6. The van der Waals surface area contributed by atoms with Gasteiger partial charge in [0, 0.05) is 12.8 Å². The van der Waals surface area contributed by atoms with E-state index in [-0.39, 0.29) is 11.9 Å². The molecule has 0 atom stereocenters. The van der Waals surface area contributed by atoms with Gasteiger partial charge in [0.15, 0.2) is 11.5 Å². The Balaban J connectivity index is 2.27. The number of hydrogen-bond donors (Lipinski definition) is 0. The topological polar surface area (TPSA) is 52.6 Å². The van der Waals surface area contributed by atoms with Crippen LogP contribution in [0.2, 0.25) is 0 Å². The largest absolute Gasteiger partial charge is 0.423 e. The van der Waals surface area contributed by atoms with Gasteiger partial charge in [0.25, 0.3) is 0 Å². The van der Waals surface area contributed by atoms with Crippen molar-refractivity contribution in [1.29, 1.82) is 0 Å². The third-order valence-corrected chi connectivity index (χ3v) is 4.44. The van der Waals surface area contributed by atoms with Crippen molar-refractivity contribution in [1.82, 2.24) is 0 Å². The third-order valence-electron chi connectivity index (χ3n) is 4.44. The maximum absolute atomic E-state index is 12.1. The predicted molar refractivity (Wildman–Crippen MR) is 109 cm³/mol. The maximum atomic E-state index is 12.1. The molecular weight excluding hydrogens is 340 g/mol. The van der Waals surface area contributed by atoms with Gasteiger partial charge in [0.05, 0.1) is 0 Å². The van der Waals surface area contributed by atoms with Crippen LogP contribution >= 0.6 is 0 Å². The molecule has 0 aliphatic carbocycles. The summed E-state index contributed by atoms with van der Waals surface area (Å²) >= 11 is 0. The summed E-state index contributed by atoms with van der Waals surface area (Å²) in [5.41, 5.74) is 0. The highest BCUT2D eigenvalue weighted by Crippen LogP contribution is 2.27. The van der Waals surface area contributed by atoms with Gasteiger partial charge in [0.2, 0.25) is 0 Å². The van der Waals surface area contributed by atoms with Gasteiger partial charge in [-0.15, -0.1) is 0 Å². The summed E-state index contributed by atoms with van der Waals surface area (Å²) < 4.78 is 10.7. The predicted octanol–water partition coefficient (Wildman–Crippen LogP) is 6.46. The summed E-state index contributed by atoms with van der Waals surface area (Å²) in [6.45, 7) is 6.54. The number of hydrogen-bond acceptors (Lipinski definition) is 4. The van der Waals surface area contributed by atoms with Crippen LogP contribution in [0.1, 0.15) is 91.4 Å². The maximum Gasteiger partial charge on any atom is 0.311 e. The average molecular weight is 377 g/mol. The van der Waals surface area contributed by atoms with E-state index in [1.165, 1.54) is 25.7 Å². The zero-order chi connectivity index (χ0) is 19.9. The molecule has 0 aromatic heterocycles. The van der Waals surface area contributed by atoms with Gasteiger partial charge in [0.1, 0.15) is 0 Å². The molecule has 1 rings (SSSR count). The second kappa shape index (κ2) is 14.2. The summed E-state index contributed by atoms with van der Waals surface area (Å²) in [7, 11) is 0. The van der Waals surface area contributed by atoms with Crippen LogP contribution in [0.15, 0.2) is 24.3 Å². The molecule has 0 bridgehead atoms. The van der Waals surface area contributed by atoms with E-state index in [0.29, 0.717) is 24.3 Å². The number of esters is 2. The Hall–Kier alpha value is -1.84. The van der Waals surface area contributed by atoms with Crippen LogP contribution in [0.5, 0.6) is 11.5 Å². The second-order valence-corrected chi connectivity index (χ2v) is 7.55. The fourth-order valence-corrected chi connectivity index (χ4v) is 2.82. The van der Waals surface area contributed by atoms with Gasteiger partial charge in [-0.1, -0.05) is 77.8 Å². The van der Waals surface area contributed by atoms with Gasteiger partial charge in [-0.25, -0.2) is 0 Å². The van der Waals surface area contributed by atoms with E-state index in [0.717, 1.165) is 38.0 Å². The first-order valence-electron chi connectivity index (χ1n) is 10.5. The normalized spacial score (nSPS) is 10.8. The highest BCUT2D eigenvalue weighted by molar-refractivity contribution is 5.76. The van der Waals surface area contributed by atoms with Crippen molar-refractivity contribution >= 4 is 11.9 Å². The van der Waals surface area contributed by atoms with Crippen molar-refractivity contribution in [2.75, 3.05) is 0 Å². The van der Waals surface area contributed by atoms with Crippen molar-refractivity contribution in [2.45, 2.75) is 91.4 Å². The monoisotopic (exact) mass is 376 g/mol. The lowest BCUT2D eigenvalue weighted by Gasteiger charge is -2.10. The fourth-order valence-electron chi connectivity index (χ4n) is 2.82. The Morgan fingerprint density at radius 3 is 1.78 bits per heavy atom. The molecule has 0 heterocycles. The molecule has 4 heteroatoms. The van der Waals surface area contributed by atoms with Crippen molar-refractivity contribution in [3.63, 3.8) is 0 Å². The molecule has 0 aliphatic heterocycles. The Bertz CT molecular complexity index is 551. The molecule has 0 aliphatic rings. The minimum atomic E-state index is -0.294. The van der Waals surface area contributed by atoms with Crippen molar-refractivity contribution in [2.24, 2.45) is 5.92 Å². The molecular formula is C23H36O4. The average Bonchev–Trinajstić information content (AvgIpc) is 2.63. The Morgan fingerprint density at radius 2 is 1.26 bits per heavy atom. The quantitative estimate of drug-likeness (QED) is 0.212. The lowest BCUT2D eigenvalue weighted by molar-refractivity contribution is -0.137. The summed E-state index contributed by atoms with van der Waals surface area (Å²) in [5.74, 6) is 0.858. The van der Waals surface area contributed by atoms with Crippen LogP contribution in [-0.2, 0) is 9.59 Å². The van der Waals surface area contributed by atoms with Gasteiger partial charge in [-0.3, -0.25) is 9.59 Å². The van der Waals surface area contributed by atoms with Crippen LogP contribution in [0.4, 0.5) is 0 Å². The number of carbonyl (C=O) groups is 2. The Kier molecular flexibility index (Phi) is 12.2. The molecule has 4 nitrogen and oxygen atoms in total. The fraction of sp³-hybridized carbons (Fsp3) is 0.652. The van der Waals surface area contributed by atoms with E-state index in [1.807, 2.05) is 6.92 Å². The minimum Gasteiger partial charge on any atom is -0.423 e. The lowest BCUT2D eigenvalue weighted by Crippen LogP contribution is -2.11. The molecule has 27 heavy (non-hydrogen) atoms. The number of rotatable bonds is 14. The highest BCUT2D eigenvalue weighted by atomic mass is 16.6. The first-order valence-corrected chi connectivity index (χ1v) is 10.5. The number of ether oxygens (including phenoxy) is 2. The van der Waals surface area contributed by atoms with Gasteiger partial charge >= 0.3 is 11.9 Å². The third kappa shape index (κ3) is 11.5. The molecule has 0 N–H and O–H groups in total. The number of para-hydroxylation sites is 2. The molecule has 0 amide bonds. The molecule has 0 fully saturated rings. The van der Waals surface area contributed by atoms with Crippen LogP contribution < -0.4 is 9.47 Å². The summed E-state index contributed by atoms with van der Waals surface area (Å²) in [5, 5.41) is 0. The van der Waals surface area contributed by atoms with E-state index >= 15 is 0 Å². The van der Waals surface area contributed by atoms with E-state index in [1.54, 1.807) is 24.3 Å². The first-order chi connectivity index (χ1) is 13.0. The zero-order valence-electron chi connectivity index (χ0n) is 17.3. The van der Waals surface area contributed by atoms with Gasteiger partial charge < -0.3 is 9.47 Å². The van der Waals surface area contributed by atoms with Crippen molar-refractivity contribution < 1.29 is 19.1 Å². The molecule has 152 valence electrons. The Labute approximate surface area is 164 Å². The molecule has 0 saturated carbocycles. The summed E-state index contributed by atoms with van der Waals surface area (Å²) in [6, 6.07) is 6.85. The van der Waals surface area contributed by atoms with Crippen LogP contribution in [0, 0.1) is 5.92 Å².